The third-order valence-corrected chi connectivity index (χ3v) is 2.41. The quantitative estimate of drug-likeness (QED) is 0.913. The number of amides is 1. The van der Waals surface area contributed by atoms with E-state index in [0.29, 0.717) is 5.69 Å². The van der Waals surface area contributed by atoms with Crippen LogP contribution in [0.4, 0.5) is 10.1 Å². The number of nitriles is 1. The molecule has 0 aliphatic carbocycles. The monoisotopic (exact) mass is 276 g/mol. The molecule has 0 aliphatic rings. The Morgan fingerprint density at radius 1 is 1.32 bits per heavy atom. The molecule has 0 radical (unpaired) electrons. The highest BCUT2D eigenvalue weighted by Crippen LogP contribution is 2.14. The lowest BCUT2D eigenvalue weighted by Gasteiger charge is -2.04. The van der Waals surface area contributed by atoms with Crippen molar-refractivity contribution < 1.29 is 9.18 Å². The molecule has 0 bridgehead atoms. The maximum atomic E-state index is 13.1. The standard InChI is InChI=1S/C12H6ClFN4O/c13-11-4-3-10(17-18-11)12(19)16-8-1-2-9(14)7(5-8)6-15/h1-5H,(H,16,19). The molecule has 7 heteroatoms. The molecule has 0 spiro atoms. The number of nitrogens with zero attached hydrogens (tertiary/aromatic N) is 3. The number of halogens is 2. The first-order valence-corrected chi connectivity index (χ1v) is 5.48. The van der Waals surface area contributed by atoms with Crippen LogP contribution in [-0.2, 0) is 0 Å². The van der Waals surface area contributed by atoms with Crippen LogP contribution in [0.15, 0.2) is 30.3 Å². The van der Waals surface area contributed by atoms with E-state index in [0.717, 1.165) is 6.07 Å². The summed E-state index contributed by atoms with van der Waals surface area (Å²) in [6.45, 7) is 0. The van der Waals surface area contributed by atoms with Crippen LogP contribution in [0.2, 0.25) is 5.15 Å². The molecule has 19 heavy (non-hydrogen) atoms. The molecule has 0 fully saturated rings. The summed E-state index contributed by atoms with van der Waals surface area (Å²) in [6.07, 6.45) is 0. The van der Waals surface area contributed by atoms with E-state index < -0.39 is 11.7 Å². The third kappa shape index (κ3) is 3.03. The van der Waals surface area contributed by atoms with Crippen LogP contribution in [0.1, 0.15) is 16.1 Å². The van der Waals surface area contributed by atoms with Gasteiger partial charge >= 0.3 is 0 Å². The van der Waals surface area contributed by atoms with Gasteiger partial charge in [-0.15, -0.1) is 10.2 Å². The second-order valence-corrected chi connectivity index (χ2v) is 3.89. The Labute approximate surface area is 112 Å². The number of hydrogen-bond acceptors (Lipinski definition) is 4. The first-order valence-electron chi connectivity index (χ1n) is 5.10. The lowest BCUT2D eigenvalue weighted by atomic mass is 10.2. The highest BCUT2D eigenvalue weighted by atomic mass is 35.5. The number of aromatic nitrogens is 2. The minimum absolute atomic E-state index is 0.0623. The van der Waals surface area contributed by atoms with Crippen LogP contribution in [0.25, 0.3) is 0 Å². The fourth-order valence-electron chi connectivity index (χ4n) is 1.32. The number of benzene rings is 1. The van der Waals surface area contributed by atoms with Gasteiger partial charge in [0.2, 0.25) is 0 Å². The van der Waals surface area contributed by atoms with Crippen LogP contribution >= 0.6 is 11.6 Å². The van der Waals surface area contributed by atoms with Gasteiger partial charge in [0.15, 0.2) is 10.8 Å². The molecular weight excluding hydrogens is 271 g/mol. The molecule has 0 aliphatic heterocycles. The van der Waals surface area contributed by atoms with Crippen LogP contribution in [-0.4, -0.2) is 16.1 Å². The highest BCUT2D eigenvalue weighted by Gasteiger charge is 2.10. The molecule has 0 saturated carbocycles. The van der Waals surface area contributed by atoms with Gasteiger partial charge in [0.1, 0.15) is 11.9 Å². The van der Waals surface area contributed by atoms with Crippen LogP contribution in [0, 0.1) is 17.1 Å². The van der Waals surface area contributed by atoms with Crippen LogP contribution < -0.4 is 5.32 Å². The zero-order valence-electron chi connectivity index (χ0n) is 9.39. The van der Waals surface area contributed by atoms with Crippen molar-refractivity contribution in [2.24, 2.45) is 0 Å². The van der Waals surface area contributed by atoms with Gasteiger partial charge in [-0.1, -0.05) is 11.6 Å². The third-order valence-electron chi connectivity index (χ3n) is 2.21. The molecule has 5 nitrogen and oxygen atoms in total. The molecule has 1 aromatic heterocycles. The number of hydrogen-bond donors (Lipinski definition) is 1. The van der Waals surface area contributed by atoms with E-state index in [1.54, 1.807) is 6.07 Å². The molecule has 1 amide bonds. The zero-order valence-corrected chi connectivity index (χ0v) is 10.1. The topological polar surface area (TPSA) is 78.7 Å². The fourth-order valence-corrected chi connectivity index (χ4v) is 1.42. The average Bonchev–Trinajstić information content (AvgIpc) is 2.41. The Balaban J connectivity index is 2.20. The first-order chi connectivity index (χ1) is 9.10. The SMILES string of the molecule is N#Cc1cc(NC(=O)c2ccc(Cl)nn2)ccc1F. The van der Waals surface area contributed by atoms with Gasteiger partial charge in [0.25, 0.3) is 5.91 Å². The highest BCUT2D eigenvalue weighted by molar-refractivity contribution is 6.29. The molecule has 1 N–H and O–H groups in total. The number of rotatable bonds is 2. The summed E-state index contributed by atoms with van der Waals surface area (Å²) in [5.74, 6) is -1.17. The molecular formula is C12H6ClFN4O. The van der Waals surface area contributed by atoms with E-state index in [1.807, 2.05) is 0 Å². The second kappa shape index (κ2) is 5.42. The summed E-state index contributed by atoms with van der Waals surface area (Å²) in [7, 11) is 0. The average molecular weight is 277 g/mol. The zero-order chi connectivity index (χ0) is 13.8. The van der Waals surface area contributed by atoms with E-state index in [2.05, 4.69) is 15.5 Å². The molecule has 1 heterocycles. The maximum Gasteiger partial charge on any atom is 0.276 e. The summed E-state index contributed by atoms with van der Waals surface area (Å²) < 4.78 is 13.1. The fraction of sp³-hybridized carbons (Fsp3) is 0. The molecule has 0 saturated heterocycles. The minimum Gasteiger partial charge on any atom is -0.321 e. The second-order valence-electron chi connectivity index (χ2n) is 3.50. The number of anilines is 1. The van der Waals surface area contributed by atoms with E-state index in [1.165, 1.54) is 24.3 Å². The van der Waals surface area contributed by atoms with Crippen molar-refractivity contribution in [3.63, 3.8) is 0 Å². The predicted molar refractivity (Wildman–Crippen MR) is 66.1 cm³/mol. The van der Waals surface area contributed by atoms with Crippen molar-refractivity contribution in [2.75, 3.05) is 5.32 Å². The van der Waals surface area contributed by atoms with Crippen molar-refractivity contribution in [2.45, 2.75) is 0 Å². The van der Waals surface area contributed by atoms with Crippen LogP contribution in [0.3, 0.4) is 0 Å². The molecule has 0 unspecified atom stereocenters. The lowest BCUT2D eigenvalue weighted by Crippen LogP contribution is -2.14. The van der Waals surface area contributed by atoms with Crippen LogP contribution in [0.5, 0.6) is 0 Å². The Morgan fingerprint density at radius 3 is 2.74 bits per heavy atom. The Bertz CT molecular complexity index is 666. The van der Waals surface area contributed by atoms with Crippen molar-refractivity contribution in [3.8, 4) is 6.07 Å². The van der Waals surface area contributed by atoms with Gasteiger partial charge in [-0.2, -0.15) is 5.26 Å². The van der Waals surface area contributed by atoms with Crippen molar-refractivity contribution in [3.05, 3.63) is 52.6 Å². The van der Waals surface area contributed by atoms with E-state index in [-0.39, 0.29) is 16.4 Å². The van der Waals surface area contributed by atoms with Crippen molar-refractivity contribution in [1.29, 1.82) is 5.26 Å². The molecule has 94 valence electrons. The molecule has 2 aromatic rings. The summed E-state index contributed by atoms with van der Waals surface area (Å²) in [5, 5.41) is 18.5. The van der Waals surface area contributed by atoms with Gasteiger partial charge in [0, 0.05) is 5.69 Å². The van der Waals surface area contributed by atoms with E-state index >= 15 is 0 Å². The van der Waals surface area contributed by atoms with Gasteiger partial charge in [0.05, 0.1) is 5.56 Å². The Morgan fingerprint density at radius 2 is 2.11 bits per heavy atom. The molecule has 2 rings (SSSR count). The summed E-state index contributed by atoms with van der Waals surface area (Å²) in [5.41, 5.74) is 0.201. The molecule has 1 aromatic carbocycles. The summed E-state index contributed by atoms with van der Waals surface area (Å²) >= 11 is 5.55. The summed E-state index contributed by atoms with van der Waals surface area (Å²) in [4.78, 5) is 11.8. The Hall–Kier alpha value is -2.52. The van der Waals surface area contributed by atoms with Crippen molar-refractivity contribution in [1.82, 2.24) is 10.2 Å². The number of carbonyl (C=O) groups excluding carboxylic acids is 1. The number of carbonyl (C=O) groups is 1. The normalized spacial score (nSPS) is 9.74. The maximum absolute atomic E-state index is 13.1. The van der Waals surface area contributed by atoms with Gasteiger partial charge < -0.3 is 5.32 Å². The summed E-state index contributed by atoms with van der Waals surface area (Å²) in [6, 6.07) is 8.19. The van der Waals surface area contributed by atoms with E-state index in [9.17, 15) is 9.18 Å². The number of nitrogens with one attached hydrogen (secondary N) is 1. The van der Waals surface area contributed by atoms with Crippen molar-refractivity contribution >= 4 is 23.2 Å². The van der Waals surface area contributed by atoms with E-state index in [4.69, 9.17) is 16.9 Å². The lowest BCUT2D eigenvalue weighted by molar-refractivity contribution is 0.102. The minimum atomic E-state index is -0.646. The largest absolute Gasteiger partial charge is 0.321 e. The Kier molecular flexibility index (Phi) is 3.68. The van der Waals surface area contributed by atoms with Gasteiger partial charge in [-0.3, -0.25) is 4.79 Å². The predicted octanol–water partition coefficient (Wildman–Crippen LogP) is 2.39. The first kappa shape index (κ1) is 12.9. The van der Waals surface area contributed by atoms with Gasteiger partial charge in [-0.25, -0.2) is 4.39 Å². The smallest absolute Gasteiger partial charge is 0.276 e. The molecule has 0 atom stereocenters. The van der Waals surface area contributed by atoms with Gasteiger partial charge in [-0.05, 0) is 30.3 Å².